The van der Waals surface area contributed by atoms with E-state index in [0.717, 1.165) is 0 Å². The highest BCUT2D eigenvalue weighted by molar-refractivity contribution is 5.95. The van der Waals surface area contributed by atoms with Gasteiger partial charge in [0.2, 0.25) is 0 Å². The Bertz CT molecular complexity index is 646. The van der Waals surface area contributed by atoms with Gasteiger partial charge in [-0.15, -0.1) is 5.12 Å². The standard InChI is InChI=1S/C17H20FN3O3/c18-21(13-7-2-1-3-8-13)16(22)14(15-10-6-12-19-15)9-4-5-11-20-17(23)24/h1-3,6-8,10,12,14,19-20H,4-5,9,11H2,(H,23,24). The van der Waals surface area contributed by atoms with E-state index in [9.17, 15) is 14.1 Å². The van der Waals surface area contributed by atoms with Crippen molar-refractivity contribution >= 4 is 17.7 Å². The first-order valence-corrected chi connectivity index (χ1v) is 7.74. The normalized spacial score (nSPS) is 11.7. The van der Waals surface area contributed by atoms with Crippen LogP contribution in [0.2, 0.25) is 0 Å². The highest BCUT2D eigenvalue weighted by Gasteiger charge is 2.27. The van der Waals surface area contributed by atoms with Crippen molar-refractivity contribution in [1.82, 2.24) is 10.3 Å². The summed E-state index contributed by atoms with van der Waals surface area (Å²) in [6.07, 6.45) is 2.21. The van der Waals surface area contributed by atoms with E-state index in [2.05, 4.69) is 10.3 Å². The second-order valence-electron chi connectivity index (χ2n) is 5.36. The molecule has 24 heavy (non-hydrogen) atoms. The number of benzene rings is 1. The van der Waals surface area contributed by atoms with Crippen molar-refractivity contribution < 1.29 is 19.2 Å². The highest BCUT2D eigenvalue weighted by atomic mass is 19.2. The van der Waals surface area contributed by atoms with E-state index in [0.29, 0.717) is 31.5 Å². The van der Waals surface area contributed by atoms with Gasteiger partial charge in [0, 0.05) is 18.4 Å². The van der Waals surface area contributed by atoms with Crippen molar-refractivity contribution in [2.45, 2.75) is 25.2 Å². The maximum atomic E-state index is 14.4. The van der Waals surface area contributed by atoms with Crippen LogP contribution in [0, 0.1) is 0 Å². The van der Waals surface area contributed by atoms with Crippen molar-refractivity contribution in [3.63, 3.8) is 0 Å². The van der Waals surface area contributed by atoms with Crippen LogP contribution < -0.4 is 10.4 Å². The van der Waals surface area contributed by atoms with Crippen LogP contribution in [0.3, 0.4) is 0 Å². The van der Waals surface area contributed by atoms with Crippen molar-refractivity contribution in [2.75, 3.05) is 11.7 Å². The number of hydrogen-bond donors (Lipinski definition) is 3. The number of unbranched alkanes of at least 4 members (excludes halogenated alkanes) is 1. The molecular formula is C17H20FN3O3. The summed E-state index contributed by atoms with van der Waals surface area (Å²) in [5.74, 6) is -1.29. The number of carbonyl (C=O) groups excluding carboxylic acids is 1. The maximum absolute atomic E-state index is 14.4. The first kappa shape index (κ1) is 17.5. The number of para-hydroxylation sites is 1. The van der Waals surface area contributed by atoms with Crippen LogP contribution in [0.25, 0.3) is 0 Å². The fraction of sp³-hybridized carbons (Fsp3) is 0.294. The van der Waals surface area contributed by atoms with Crippen molar-refractivity contribution in [3.05, 3.63) is 54.4 Å². The maximum Gasteiger partial charge on any atom is 0.404 e. The Hall–Kier alpha value is -2.83. The molecule has 0 saturated heterocycles. The molecule has 1 aromatic carbocycles. The summed E-state index contributed by atoms with van der Waals surface area (Å²) >= 11 is 0. The zero-order chi connectivity index (χ0) is 17.4. The van der Waals surface area contributed by atoms with Crippen LogP contribution in [0.1, 0.15) is 30.9 Å². The van der Waals surface area contributed by atoms with Crippen molar-refractivity contribution in [2.24, 2.45) is 0 Å². The molecule has 7 heteroatoms. The summed E-state index contributed by atoms with van der Waals surface area (Å²) in [6, 6.07) is 11.6. The van der Waals surface area contributed by atoms with Gasteiger partial charge in [0.05, 0.1) is 11.6 Å². The average Bonchev–Trinajstić information content (AvgIpc) is 3.11. The van der Waals surface area contributed by atoms with Gasteiger partial charge in [0.25, 0.3) is 5.91 Å². The minimum atomic E-state index is -1.08. The van der Waals surface area contributed by atoms with E-state index < -0.39 is 17.9 Å². The van der Waals surface area contributed by atoms with E-state index in [1.807, 2.05) is 0 Å². The highest BCUT2D eigenvalue weighted by Crippen LogP contribution is 2.26. The summed E-state index contributed by atoms with van der Waals surface area (Å²) in [6.45, 7) is 0.305. The lowest BCUT2D eigenvalue weighted by atomic mass is 9.97. The van der Waals surface area contributed by atoms with Gasteiger partial charge in [-0.3, -0.25) is 4.79 Å². The second-order valence-corrected chi connectivity index (χ2v) is 5.36. The zero-order valence-electron chi connectivity index (χ0n) is 13.1. The lowest BCUT2D eigenvalue weighted by Crippen LogP contribution is -2.29. The fourth-order valence-corrected chi connectivity index (χ4v) is 2.46. The molecule has 2 amide bonds. The smallest absolute Gasteiger partial charge is 0.404 e. The summed E-state index contributed by atoms with van der Waals surface area (Å²) in [5, 5.41) is 11.0. The molecule has 0 aliphatic carbocycles. The van der Waals surface area contributed by atoms with E-state index in [4.69, 9.17) is 5.11 Å². The third-order valence-electron chi connectivity index (χ3n) is 3.67. The summed E-state index contributed by atoms with van der Waals surface area (Å²) in [7, 11) is 0. The quantitative estimate of drug-likeness (QED) is 0.511. The molecule has 1 unspecified atom stereocenters. The molecule has 6 nitrogen and oxygen atoms in total. The van der Waals surface area contributed by atoms with Crippen LogP contribution in [0.15, 0.2) is 48.7 Å². The van der Waals surface area contributed by atoms with Gasteiger partial charge < -0.3 is 15.4 Å². The van der Waals surface area contributed by atoms with Gasteiger partial charge in [-0.1, -0.05) is 29.1 Å². The number of nitrogens with one attached hydrogen (secondary N) is 2. The summed E-state index contributed by atoms with van der Waals surface area (Å²) in [4.78, 5) is 25.9. The number of hydrogen-bond acceptors (Lipinski definition) is 2. The molecule has 0 spiro atoms. The molecule has 2 aromatic rings. The Morgan fingerprint density at radius 1 is 1.17 bits per heavy atom. The van der Waals surface area contributed by atoms with E-state index >= 15 is 0 Å². The summed E-state index contributed by atoms with van der Waals surface area (Å²) in [5.41, 5.74) is 0.830. The molecule has 3 N–H and O–H groups in total. The molecule has 0 aliphatic heterocycles. The molecule has 0 radical (unpaired) electrons. The van der Waals surface area contributed by atoms with Crippen LogP contribution in [-0.4, -0.2) is 28.6 Å². The number of nitrogens with zero attached hydrogens (tertiary/aromatic N) is 1. The predicted molar refractivity (Wildman–Crippen MR) is 88.4 cm³/mol. The van der Waals surface area contributed by atoms with Crippen LogP contribution in [0.5, 0.6) is 0 Å². The lowest BCUT2D eigenvalue weighted by Gasteiger charge is -2.19. The number of halogens is 1. The second kappa shape index (κ2) is 8.71. The molecule has 1 atom stereocenters. The first-order chi connectivity index (χ1) is 11.6. The van der Waals surface area contributed by atoms with Gasteiger partial charge in [-0.05, 0) is 37.1 Å². The van der Waals surface area contributed by atoms with Crippen LogP contribution in [-0.2, 0) is 4.79 Å². The molecule has 2 rings (SSSR count). The lowest BCUT2D eigenvalue weighted by molar-refractivity contribution is -0.123. The van der Waals surface area contributed by atoms with E-state index in [-0.39, 0.29) is 10.8 Å². The Labute approximate surface area is 139 Å². The molecule has 1 heterocycles. The molecule has 128 valence electrons. The zero-order valence-corrected chi connectivity index (χ0v) is 13.1. The van der Waals surface area contributed by atoms with Gasteiger partial charge in [0.1, 0.15) is 0 Å². The van der Waals surface area contributed by atoms with Gasteiger partial charge in [-0.25, -0.2) is 4.79 Å². The number of aromatic nitrogens is 1. The SMILES string of the molecule is O=C(O)NCCCCC(C(=O)N(F)c1ccccc1)c1ccc[nH]1. The first-order valence-electron chi connectivity index (χ1n) is 7.74. The molecule has 0 bridgehead atoms. The van der Waals surface area contributed by atoms with Crippen molar-refractivity contribution in [3.8, 4) is 0 Å². The fourth-order valence-electron chi connectivity index (χ4n) is 2.46. The topological polar surface area (TPSA) is 85.4 Å². The minimum Gasteiger partial charge on any atom is -0.465 e. The van der Waals surface area contributed by atoms with Crippen LogP contribution >= 0.6 is 0 Å². The molecule has 0 saturated carbocycles. The van der Waals surface area contributed by atoms with Gasteiger partial charge in [-0.2, -0.15) is 0 Å². The number of amides is 2. The number of carboxylic acid groups (broad SMARTS) is 1. The third kappa shape index (κ3) is 4.84. The monoisotopic (exact) mass is 333 g/mol. The van der Waals surface area contributed by atoms with Crippen molar-refractivity contribution in [1.29, 1.82) is 0 Å². The number of carbonyl (C=O) groups is 2. The van der Waals surface area contributed by atoms with Gasteiger partial charge in [0.15, 0.2) is 0 Å². The summed E-state index contributed by atoms with van der Waals surface area (Å²) < 4.78 is 14.4. The van der Waals surface area contributed by atoms with Crippen LogP contribution in [0.4, 0.5) is 15.0 Å². The average molecular weight is 333 g/mol. The predicted octanol–water partition coefficient (Wildman–Crippen LogP) is 3.45. The third-order valence-corrected chi connectivity index (χ3v) is 3.67. The number of H-pyrrole nitrogens is 1. The number of anilines is 1. The minimum absolute atomic E-state index is 0.168. The number of aromatic amines is 1. The van der Waals surface area contributed by atoms with E-state index in [1.54, 1.807) is 36.5 Å². The van der Waals surface area contributed by atoms with E-state index in [1.165, 1.54) is 12.1 Å². The Morgan fingerprint density at radius 3 is 2.54 bits per heavy atom. The molecule has 1 aromatic heterocycles. The largest absolute Gasteiger partial charge is 0.465 e. The van der Waals surface area contributed by atoms with Gasteiger partial charge >= 0.3 is 6.09 Å². The Balaban J connectivity index is 2.01. The molecule has 0 aliphatic rings. The number of rotatable bonds is 8. The Kier molecular flexibility index (Phi) is 6.36. The molecular weight excluding hydrogens is 313 g/mol. The Morgan fingerprint density at radius 2 is 1.92 bits per heavy atom. The molecule has 0 fully saturated rings.